The molecule has 1 aliphatic carbocycles. The lowest BCUT2D eigenvalue weighted by Crippen LogP contribution is -1.62. The van der Waals surface area contributed by atoms with E-state index in [1.807, 2.05) is 0 Å². The van der Waals surface area contributed by atoms with Crippen molar-refractivity contribution in [3.8, 4) is 0 Å². The van der Waals surface area contributed by atoms with Gasteiger partial charge < -0.3 is 0 Å². The Labute approximate surface area is 58.1 Å². The molecule has 1 fully saturated rings. The van der Waals surface area contributed by atoms with Crippen molar-refractivity contribution in [3.63, 3.8) is 0 Å². The maximum atomic E-state index is 2.33. The Kier molecular flexibility index (Phi) is 2.16. The normalized spacial score (nSPS) is 20.4. The SMILES string of the molecule is IC=C1CCCC1. The molecule has 0 aliphatic heterocycles. The van der Waals surface area contributed by atoms with Crippen LogP contribution in [0.2, 0.25) is 0 Å². The lowest BCUT2D eigenvalue weighted by molar-refractivity contribution is 0.886. The summed E-state index contributed by atoms with van der Waals surface area (Å²) in [5.41, 5.74) is 1.65. The van der Waals surface area contributed by atoms with Crippen molar-refractivity contribution in [1.29, 1.82) is 0 Å². The van der Waals surface area contributed by atoms with Crippen molar-refractivity contribution < 1.29 is 0 Å². The molecule has 0 saturated heterocycles. The van der Waals surface area contributed by atoms with Crippen molar-refractivity contribution in [2.75, 3.05) is 0 Å². The Morgan fingerprint density at radius 2 is 1.86 bits per heavy atom. The highest BCUT2D eigenvalue weighted by Gasteiger charge is 2.03. The van der Waals surface area contributed by atoms with Gasteiger partial charge in [0.2, 0.25) is 0 Å². The summed E-state index contributed by atoms with van der Waals surface area (Å²) in [5.74, 6) is 0. The molecule has 0 unspecified atom stereocenters. The second-order valence-electron chi connectivity index (χ2n) is 1.97. The first kappa shape index (κ1) is 5.60. The largest absolute Gasteiger partial charge is 0.0642 e. The fraction of sp³-hybridized carbons (Fsp3) is 0.667. The minimum Gasteiger partial charge on any atom is -0.0642 e. The minimum atomic E-state index is 1.36. The summed E-state index contributed by atoms with van der Waals surface area (Å²) in [6.07, 6.45) is 5.58. The van der Waals surface area contributed by atoms with Crippen LogP contribution in [0.1, 0.15) is 25.7 Å². The molecule has 0 radical (unpaired) electrons. The number of allylic oxidation sites excluding steroid dienone is 1. The molecule has 1 aliphatic rings. The molecule has 0 spiro atoms. The predicted molar refractivity (Wildman–Crippen MR) is 40.6 cm³/mol. The molecule has 0 aromatic heterocycles. The molecule has 1 saturated carbocycles. The van der Waals surface area contributed by atoms with Crippen molar-refractivity contribution in [1.82, 2.24) is 0 Å². The summed E-state index contributed by atoms with van der Waals surface area (Å²) >= 11 is 2.33. The van der Waals surface area contributed by atoms with E-state index in [4.69, 9.17) is 0 Å². The molecule has 0 nitrogen and oxygen atoms in total. The Morgan fingerprint density at radius 3 is 2.14 bits per heavy atom. The average Bonchev–Trinajstić information content (AvgIpc) is 2.14. The molecule has 0 heterocycles. The van der Waals surface area contributed by atoms with Gasteiger partial charge in [0, 0.05) is 0 Å². The quantitative estimate of drug-likeness (QED) is 0.537. The lowest BCUT2D eigenvalue weighted by atomic mass is 10.3. The average molecular weight is 208 g/mol. The Hall–Kier alpha value is 0.470. The van der Waals surface area contributed by atoms with Crippen LogP contribution in [0, 0.1) is 0 Å². The molecule has 40 valence electrons. The van der Waals surface area contributed by atoms with Crippen molar-refractivity contribution in [2.45, 2.75) is 25.7 Å². The Morgan fingerprint density at radius 1 is 1.29 bits per heavy atom. The van der Waals surface area contributed by atoms with Crippen LogP contribution in [0.3, 0.4) is 0 Å². The summed E-state index contributed by atoms with van der Waals surface area (Å²) in [6.45, 7) is 0. The van der Waals surface area contributed by atoms with Gasteiger partial charge in [0.05, 0.1) is 0 Å². The number of hydrogen-bond donors (Lipinski definition) is 0. The van der Waals surface area contributed by atoms with Gasteiger partial charge in [0.25, 0.3) is 0 Å². The van der Waals surface area contributed by atoms with E-state index in [-0.39, 0.29) is 0 Å². The monoisotopic (exact) mass is 208 g/mol. The van der Waals surface area contributed by atoms with Crippen LogP contribution in [-0.4, -0.2) is 0 Å². The summed E-state index contributed by atoms with van der Waals surface area (Å²) < 4.78 is 2.23. The van der Waals surface area contributed by atoms with Crippen LogP contribution >= 0.6 is 22.6 Å². The summed E-state index contributed by atoms with van der Waals surface area (Å²) in [4.78, 5) is 0. The van der Waals surface area contributed by atoms with Crippen LogP contribution < -0.4 is 0 Å². The Balaban J connectivity index is 2.41. The first-order valence-corrected chi connectivity index (χ1v) is 3.96. The van der Waals surface area contributed by atoms with E-state index >= 15 is 0 Å². The standard InChI is InChI=1S/C6H9I/c7-5-6-3-1-2-4-6/h5H,1-4H2. The van der Waals surface area contributed by atoms with Gasteiger partial charge in [0.1, 0.15) is 0 Å². The molecule has 1 heteroatoms. The van der Waals surface area contributed by atoms with E-state index in [1.165, 1.54) is 25.7 Å². The molecular formula is C6H9I. The highest BCUT2D eigenvalue weighted by atomic mass is 127. The van der Waals surface area contributed by atoms with E-state index in [9.17, 15) is 0 Å². The highest BCUT2D eigenvalue weighted by Crippen LogP contribution is 2.24. The topological polar surface area (TPSA) is 0 Å². The molecule has 0 N–H and O–H groups in total. The molecule has 1 rings (SSSR count). The maximum Gasteiger partial charge on any atom is -0.0242 e. The smallest absolute Gasteiger partial charge is 0.0242 e. The van der Waals surface area contributed by atoms with E-state index in [0.29, 0.717) is 0 Å². The van der Waals surface area contributed by atoms with Crippen LogP contribution in [0.15, 0.2) is 9.66 Å². The van der Waals surface area contributed by atoms with Gasteiger partial charge in [-0.25, -0.2) is 0 Å². The first-order valence-electron chi connectivity index (χ1n) is 2.71. The fourth-order valence-electron chi connectivity index (χ4n) is 0.938. The van der Waals surface area contributed by atoms with Crippen LogP contribution in [0.25, 0.3) is 0 Å². The van der Waals surface area contributed by atoms with Crippen LogP contribution in [0.5, 0.6) is 0 Å². The zero-order valence-corrected chi connectivity index (χ0v) is 6.44. The van der Waals surface area contributed by atoms with Crippen molar-refractivity contribution >= 4 is 22.6 Å². The van der Waals surface area contributed by atoms with Gasteiger partial charge in [0.15, 0.2) is 0 Å². The summed E-state index contributed by atoms with van der Waals surface area (Å²) in [6, 6.07) is 0. The Bertz CT molecular complexity index is 76.2. The van der Waals surface area contributed by atoms with Crippen molar-refractivity contribution in [3.05, 3.63) is 9.66 Å². The van der Waals surface area contributed by atoms with Crippen LogP contribution in [0.4, 0.5) is 0 Å². The van der Waals surface area contributed by atoms with Gasteiger partial charge in [-0.15, -0.1) is 0 Å². The molecule has 0 atom stereocenters. The molecule has 0 aromatic carbocycles. The fourth-order valence-corrected chi connectivity index (χ4v) is 1.56. The van der Waals surface area contributed by atoms with Gasteiger partial charge >= 0.3 is 0 Å². The molecule has 0 aromatic rings. The van der Waals surface area contributed by atoms with E-state index in [2.05, 4.69) is 26.7 Å². The lowest BCUT2D eigenvalue weighted by Gasteiger charge is -1.84. The molecule has 7 heavy (non-hydrogen) atoms. The molecule has 0 amide bonds. The predicted octanol–water partition coefficient (Wildman–Crippen LogP) is 2.88. The van der Waals surface area contributed by atoms with Gasteiger partial charge in [-0.05, 0) is 29.8 Å². The highest BCUT2D eigenvalue weighted by molar-refractivity contribution is 14.1. The van der Waals surface area contributed by atoms with E-state index < -0.39 is 0 Å². The third-order valence-electron chi connectivity index (χ3n) is 1.40. The third-order valence-corrected chi connectivity index (χ3v) is 2.28. The zero-order valence-electron chi connectivity index (χ0n) is 4.28. The number of rotatable bonds is 0. The van der Waals surface area contributed by atoms with E-state index in [0.717, 1.165) is 0 Å². The second-order valence-corrected chi connectivity index (χ2v) is 2.60. The molecule has 0 bridgehead atoms. The first-order chi connectivity index (χ1) is 3.43. The number of halogens is 1. The van der Waals surface area contributed by atoms with E-state index in [1.54, 1.807) is 5.57 Å². The molecular weight excluding hydrogens is 199 g/mol. The van der Waals surface area contributed by atoms with Crippen molar-refractivity contribution in [2.24, 2.45) is 0 Å². The zero-order chi connectivity index (χ0) is 5.11. The minimum absolute atomic E-state index is 1.36. The summed E-state index contributed by atoms with van der Waals surface area (Å²) in [5, 5.41) is 0. The maximum absolute atomic E-state index is 2.33. The second kappa shape index (κ2) is 2.70. The van der Waals surface area contributed by atoms with Crippen LogP contribution in [-0.2, 0) is 0 Å². The van der Waals surface area contributed by atoms with Gasteiger partial charge in [-0.2, -0.15) is 0 Å². The number of hydrogen-bond acceptors (Lipinski definition) is 0. The van der Waals surface area contributed by atoms with Gasteiger partial charge in [-0.1, -0.05) is 28.2 Å². The third kappa shape index (κ3) is 1.44. The van der Waals surface area contributed by atoms with Gasteiger partial charge in [-0.3, -0.25) is 0 Å². The summed E-state index contributed by atoms with van der Waals surface area (Å²) in [7, 11) is 0.